The first-order chi connectivity index (χ1) is 10.6. The molecule has 1 fully saturated rings. The molecule has 0 saturated heterocycles. The third kappa shape index (κ3) is 6.59. The number of nitrogens with two attached hydrogens (primary N) is 1. The Kier molecular flexibility index (Phi) is 8.06. The number of amides is 1. The summed E-state index contributed by atoms with van der Waals surface area (Å²) in [4.78, 5) is 23.0. The van der Waals surface area contributed by atoms with Gasteiger partial charge in [0.15, 0.2) is 5.78 Å². The molecular formula is C17H25ClN2O3. The molecule has 1 aromatic carbocycles. The Labute approximate surface area is 143 Å². The first kappa shape index (κ1) is 19.5. The number of rotatable bonds is 9. The Morgan fingerprint density at radius 1 is 1.30 bits per heavy atom. The van der Waals surface area contributed by atoms with Crippen molar-refractivity contribution in [3.8, 4) is 5.75 Å². The van der Waals surface area contributed by atoms with Crippen molar-refractivity contribution < 1.29 is 14.3 Å². The molecule has 1 aliphatic carbocycles. The fraction of sp³-hybridized carbons (Fsp3) is 0.529. The van der Waals surface area contributed by atoms with Crippen LogP contribution in [0.3, 0.4) is 0 Å². The second-order valence-electron chi connectivity index (χ2n) is 5.78. The number of halogens is 1. The number of ketones is 1. The molecule has 23 heavy (non-hydrogen) atoms. The number of carbonyl (C=O) groups excluding carboxylic acids is 2. The van der Waals surface area contributed by atoms with Crippen molar-refractivity contribution in [1.82, 2.24) is 5.32 Å². The van der Waals surface area contributed by atoms with E-state index in [0.29, 0.717) is 43.2 Å². The van der Waals surface area contributed by atoms with Crippen LogP contribution in [0.4, 0.5) is 0 Å². The van der Waals surface area contributed by atoms with E-state index >= 15 is 0 Å². The summed E-state index contributed by atoms with van der Waals surface area (Å²) in [5.41, 5.74) is 6.33. The first-order valence-electron chi connectivity index (χ1n) is 7.83. The molecule has 0 spiro atoms. The second-order valence-corrected chi connectivity index (χ2v) is 5.78. The smallest absolute Gasteiger partial charge is 0.220 e. The van der Waals surface area contributed by atoms with Crippen molar-refractivity contribution in [2.45, 2.75) is 38.6 Å². The minimum Gasteiger partial charge on any atom is -0.494 e. The van der Waals surface area contributed by atoms with E-state index in [4.69, 9.17) is 10.5 Å². The molecule has 0 bridgehead atoms. The van der Waals surface area contributed by atoms with E-state index in [9.17, 15) is 9.59 Å². The molecule has 1 amide bonds. The van der Waals surface area contributed by atoms with Crippen LogP contribution in [-0.4, -0.2) is 30.9 Å². The third-order valence-electron chi connectivity index (χ3n) is 3.87. The molecular weight excluding hydrogens is 316 g/mol. The highest BCUT2D eigenvalue weighted by Crippen LogP contribution is 2.32. The van der Waals surface area contributed by atoms with Gasteiger partial charge in [-0.2, -0.15) is 0 Å². The highest BCUT2D eigenvalue weighted by atomic mass is 35.5. The summed E-state index contributed by atoms with van der Waals surface area (Å²) < 4.78 is 5.57. The number of nitrogens with one attached hydrogen (secondary N) is 1. The Morgan fingerprint density at radius 2 is 1.96 bits per heavy atom. The van der Waals surface area contributed by atoms with Crippen LogP contribution in [0.1, 0.15) is 43.0 Å². The third-order valence-corrected chi connectivity index (χ3v) is 3.87. The van der Waals surface area contributed by atoms with Gasteiger partial charge >= 0.3 is 0 Å². The maximum atomic E-state index is 11.8. The van der Waals surface area contributed by atoms with Gasteiger partial charge in [0, 0.05) is 24.6 Å². The van der Waals surface area contributed by atoms with Crippen LogP contribution in [0.5, 0.6) is 5.75 Å². The summed E-state index contributed by atoms with van der Waals surface area (Å²) in [7, 11) is 0. The Hall–Kier alpha value is -1.59. The molecule has 1 aliphatic rings. The SMILES string of the molecule is CC(=O)c1ccc(OCCCC(=O)NC(CN)C2CC2)cc1.Cl. The lowest BCUT2D eigenvalue weighted by molar-refractivity contribution is -0.122. The molecule has 1 unspecified atom stereocenters. The van der Waals surface area contributed by atoms with Gasteiger partial charge in [-0.25, -0.2) is 0 Å². The van der Waals surface area contributed by atoms with E-state index in [1.54, 1.807) is 24.3 Å². The van der Waals surface area contributed by atoms with Gasteiger partial charge in [-0.3, -0.25) is 9.59 Å². The van der Waals surface area contributed by atoms with Gasteiger partial charge in [0.1, 0.15) is 5.75 Å². The summed E-state index contributed by atoms with van der Waals surface area (Å²) >= 11 is 0. The average molecular weight is 341 g/mol. The summed E-state index contributed by atoms with van der Waals surface area (Å²) in [6.45, 7) is 2.52. The van der Waals surface area contributed by atoms with Crippen molar-refractivity contribution in [3.63, 3.8) is 0 Å². The highest BCUT2D eigenvalue weighted by molar-refractivity contribution is 5.94. The zero-order chi connectivity index (χ0) is 15.9. The minimum atomic E-state index is 0. The van der Waals surface area contributed by atoms with Crippen molar-refractivity contribution in [3.05, 3.63) is 29.8 Å². The fourth-order valence-electron chi connectivity index (χ4n) is 2.36. The van der Waals surface area contributed by atoms with Gasteiger partial charge in [0.2, 0.25) is 5.91 Å². The van der Waals surface area contributed by atoms with Crippen LogP contribution < -0.4 is 15.8 Å². The number of hydrogen-bond acceptors (Lipinski definition) is 4. The monoisotopic (exact) mass is 340 g/mol. The van der Waals surface area contributed by atoms with E-state index in [0.717, 1.165) is 0 Å². The molecule has 0 heterocycles. The molecule has 1 saturated carbocycles. The molecule has 0 aliphatic heterocycles. The maximum Gasteiger partial charge on any atom is 0.220 e. The van der Waals surface area contributed by atoms with E-state index < -0.39 is 0 Å². The van der Waals surface area contributed by atoms with E-state index in [2.05, 4.69) is 5.32 Å². The second kappa shape index (κ2) is 9.53. The molecule has 6 heteroatoms. The topological polar surface area (TPSA) is 81.4 Å². The molecule has 1 aromatic rings. The standard InChI is InChI=1S/C17H24N2O3.ClH/c1-12(20)13-6-8-15(9-7-13)22-10-2-3-17(21)19-16(11-18)14-4-5-14;/h6-9,14,16H,2-5,10-11,18H2,1H3,(H,19,21);1H. The lowest BCUT2D eigenvalue weighted by atomic mass is 10.1. The van der Waals surface area contributed by atoms with Gasteiger partial charge in [-0.1, -0.05) is 0 Å². The number of Topliss-reactive ketones (excluding diaryl/α,β-unsaturated/α-hetero) is 1. The van der Waals surface area contributed by atoms with Crippen LogP contribution in [0.2, 0.25) is 0 Å². The molecule has 3 N–H and O–H groups in total. The molecule has 5 nitrogen and oxygen atoms in total. The van der Waals surface area contributed by atoms with E-state index in [1.165, 1.54) is 19.8 Å². The average Bonchev–Trinajstić information content (AvgIpc) is 3.34. The molecule has 0 radical (unpaired) electrons. The zero-order valence-electron chi connectivity index (χ0n) is 13.4. The van der Waals surface area contributed by atoms with Crippen LogP contribution >= 0.6 is 12.4 Å². The highest BCUT2D eigenvalue weighted by Gasteiger charge is 2.30. The zero-order valence-corrected chi connectivity index (χ0v) is 14.2. The quantitative estimate of drug-likeness (QED) is 0.534. The molecule has 1 atom stereocenters. The Balaban J connectivity index is 0.00000264. The number of hydrogen-bond donors (Lipinski definition) is 2. The summed E-state index contributed by atoms with van der Waals surface area (Å²) in [5.74, 6) is 1.36. The lowest BCUT2D eigenvalue weighted by Crippen LogP contribution is -2.41. The van der Waals surface area contributed by atoms with Gasteiger partial charge in [-0.15, -0.1) is 12.4 Å². The number of benzene rings is 1. The predicted octanol–water partition coefficient (Wildman–Crippen LogP) is 2.32. The molecule has 128 valence electrons. The van der Waals surface area contributed by atoms with Gasteiger partial charge < -0.3 is 15.8 Å². The summed E-state index contributed by atoms with van der Waals surface area (Å²) in [6, 6.07) is 7.16. The predicted molar refractivity (Wildman–Crippen MR) is 92.1 cm³/mol. The minimum absolute atomic E-state index is 0. The number of carbonyl (C=O) groups is 2. The van der Waals surface area contributed by atoms with Gasteiger partial charge in [0.05, 0.1) is 6.61 Å². The van der Waals surface area contributed by atoms with Crippen LogP contribution in [0.25, 0.3) is 0 Å². The van der Waals surface area contributed by atoms with Gasteiger partial charge in [-0.05, 0) is 56.4 Å². The maximum absolute atomic E-state index is 11.8. The van der Waals surface area contributed by atoms with Crippen LogP contribution in [-0.2, 0) is 4.79 Å². The number of ether oxygens (including phenoxy) is 1. The van der Waals surface area contributed by atoms with E-state index in [1.807, 2.05) is 0 Å². The summed E-state index contributed by atoms with van der Waals surface area (Å²) in [6.07, 6.45) is 3.43. The normalized spacial score (nSPS) is 14.5. The summed E-state index contributed by atoms with van der Waals surface area (Å²) in [5, 5.41) is 2.99. The Bertz CT molecular complexity index is 515. The van der Waals surface area contributed by atoms with Crippen molar-refractivity contribution in [1.29, 1.82) is 0 Å². The first-order valence-corrected chi connectivity index (χ1v) is 7.83. The van der Waals surface area contributed by atoms with Crippen molar-refractivity contribution >= 4 is 24.1 Å². The lowest BCUT2D eigenvalue weighted by Gasteiger charge is -2.15. The van der Waals surface area contributed by atoms with Crippen molar-refractivity contribution in [2.75, 3.05) is 13.2 Å². The fourth-order valence-corrected chi connectivity index (χ4v) is 2.36. The van der Waals surface area contributed by atoms with Crippen LogP contribution in [0.15, 0.2) is 24.3 Å². The molecule has 2 rings (SSSR count). The Morgan fingerprint density at radius 3 is 2.48 bits per heavy atom. The molecule has 0 aromatic heterocycles. The van der Waals surface area contributed by atoms with Gasteiger partial charge in [0.25, 0.3) is 0 Å². The van der Waals surface area contributed by atoms with Crippen molar-refractivity contribution in [2.24, 2.45) is 11.7 Å². The van der Waals surface area contributed by atoms with E-state index in [-0.39, 0.29) is 30.1 Å². The van der Waals surface area contributed by atoms with Crippen LogP contribution in [0, 0.1) is 5.92 Å². The largest absolute Gasteiger partial charge is 0.494 e.